The average Bonchev–Trinajstić information content (AvgIpc) is 2.62. The highest BCUT2D eigenvalue weighted by atomic mass is 16.4. The van der Waals surface area contributed by atoms with Crippen molar-refractivity contribution in [1.82, 2.24) is 9.47 Å². The average molecular weight is 220 g/mol. The molecule has 0 saturated carbocycles. The van der Waals surface area contributed by atoms with Gasteiger partial charge >= 0.3 is 5.76 Å². The van der Waals surface area contributed by atoms with Gasteiger partial charge in [0.15, 0.2) is 5.58 Å². The monoisotopic (exact) mass is 220 g/mol. The molecule has 1 heterocycles. The van der Waals surface area contributed by atoms with E-state index in [-0.39, 0.29) is 5.76 Å². The standard InChI is InChI=1S/C12H16N2O2/c1-3-13(4-2)9-14-10-7-5-6-8-11(10)16-12(14)15/h5-8H,3-4,9H2,1-2H3. The van der Waals surface area contributed by atoms with Gasteiger partial charge in [0.2, 0.25) is 0 Å². The van der Waals surface area contributed by atoms with E-state index in [9.17, 15) is 4.79 Å². The quantitative estimate of drug-likeness (QED) is 0.789. The first-order valence-electron chi connectivity index (χ1n) is 5.57. The summed E-state index contributed by atoms with van der Waals surface area (Å²) in [7, 11) is 0. The second-order valence-electron chi connectivity index (χ2n) is 3.71. The van der Waals surface area contributed by atoms with Crippen LogP contribution in [0.3, 0.4) is 0 Å². The maximum absolute atomic E-state index is 11.7. The minimum absolute atomic E-state index is 0.284. The van der Waals surface area contributed by atoms with Gasteiger partial charge < -0.3 is 4.42 Å². The first-order chi connectivity index (χ1) is 7.76. The number of aromatic nitrogens is 1. The van der Waals surface area contributed by atoms with Gasteiger partial charge in [0, 0.05) is 0 Å². The first-order valence-corrected chi connectivity index (χ1v) is 5.57. The SMILES string of the molecule is CCN(CC)Cn1c(=O)oc2ccccc21. The third-order valence-electron chi connectivity index (χ3n) is 2.81. The lowest BCUT2D eigenvalue weighted by Gasteiger charge is -2.17. The molecular formula is C12H16N2O2. The Morgan fingerprint density at radius 2 is 1.94 bits per heavy atom. The summed E-state index contributed by atoms with van der Waals surface area (Å²) in [5.74, 6) is -0.284. The largest absolute Gasteiger partial charge is 0.421 e. The van der Waals surface area contributed by atoms with Crippen LogP contribution < -0.4 is 5.76 Å². The molecule has 2 aromatic rings. The molecule has 0 fully saturated rings. The van der Waals surface area contributed by atoms with Gasteiger partial charge in [0.05, 0.1) is 12.2 Å². The van der Waals surface area contributed by atoms with Crippen LogP contribution in [0.25, 0.3) is 11.1 Å². The van der Waals surface area contributed by atoms with E-state index >= 15 is 0 Å². The fourth-order valence-electron chi connectivity index (χ4n) is 1.77. The molecule has 0 amide bonds. The Bertz CT molecular complexity index is 523. The van der Waals surface area contributed by atoms with E-state index in [1.54, 1.807) is 4.57 Å². The number of hydrogen-bond donors (Lipinski definition) is 0. The molecule has 0 spiro atoms. The highest BCUT2D eigenvalue weighted by Gasteiger charge is 2.10. The van der Waals surface area contributed by atoms with Crippen LogP contribution >= 0.6 is 0 Å². The molecule has 2 rings (SSSR count). The lowest BCUT2D eigenvalue weighted by atomic mass is 10.3. The van der Waals surface area contributed by atoms with Gasteiger partial charge in [-0.1, -0.05) is 26.0 Å². The van der Waals surface area contributed by atoms with E-state index in [0.29, 0.717) is 12.3 Å². The number of hydrogen-bond acceptors (Lipinski definition) is 3. The van der Waals surface area contributed by atoms with Crippen LogP contribution in [0.1, 0.15) is 13.8 Å². The fraction of sp³-hybridized carbons (Fsp3) is 0.417. The number of nitrogens with zero attached hydrogens (tertiary/aromatic N) is 2. The zero-order valence-electron chi connectivity index (χ0n) is 9.64. The van der Waals surface area contributed by atoms with Crippen molar-refractivity contribution in [2.45, 2.75) is 20.5 Å². The Morgan fingerprint density at radius 1 is 1.25 bits per heavy atom. The van der Waals surface area contributed by atoms with Crippen molar-refractivity contribution < 1.29 is 4.42 Å². The summed E-state index contributed by atoms with van der Waals surface area (Å²) in [5, 5.41) is 0. The van der Waals surface area contributed by atoms with Crippen molar-refractivity contribution in [2.75, 3.05) is 13.1 Å². The molecule has 4 nitrogen and oxygen atoms in total. The van der Waals surface area contributed by atoms with E-state index in [0.717, 1.165) is 18.6 Å². The zero-order chi connectivity index (χ0) is 11.5. The van der Waals surface area contributed by atoms with Crippen molar-refractivity contribution in [2.24, 2.45) is 0 Å². The van der Waals surface area contributed by atoms with E-state index in [1.165, 1.54) is 0 Å². The Hall–Kier alpha value is -1.55. The maximum atomic E-state index is 11.7. The van der Waals surface area contributed by atoms with Gasteiger partial charge in [-0.2, -0.15) is 0 Å². The fourth-order valence-corrected chi connectivity index (χ4v) is 1.77. The van der Waals surface area contributed by atoms with Crippen LogP contribution in [-0.2, 0) is 6.67 Å². The smallest absolute Gasteiger partial charge is 0.408 e. The molecule has 1 aromatic heterocycles. The van der Waals surface area contributed by atoms with E-state index in [4.69, 9.17) is 4.42 Å². The number of rotatable bonds is 4. The molecule has 0 aliphatic carbocycles. The molecule has 0 radical (unpaired) electrons. The second-order valence-corrected chi connectivity index (χ2v) is 3.71. The molecule has 0 aliphatic heterocycles. The summed E-state index contributed by atoms with van der Waals surface area (Å²) in [6.45, 7) is 6.58. The topological polar surface area (TPSA) is 38.4 Å². The van der Waals surface area contributed by atoms with E-state index < -0.39 is 0 Å². The number of fused-ring (bicyclic) bond motifs is 1. The predicted molar refractivity (Wildman–Crippen MR) is 63.4 cm³/mol. The minimum Gasteiger partial charge on any atom is -0.408 e. The summed E-state index contributed by atoms with van der Waals surface area (Å²) < 4.78 is 6.84. The van der Waals surface area contributed by atoms with E-state index in [1.807, 2.05) is 24.3 Å². The summed E-state index contributed by atoms with van der Waals surface area (Å²) in [4.78, 5) is 13.8. The van der Waals surface area contributed by atoms with Crippen LogP contribution in [0.2, 0.25) is 0 Å². The van der Waals surface area contributed by atoms with Crippen LogP contribution in [0.15, 0.2) is 33.5 Å². The van der Waals surface area contributed by atoms with Gasteiger partial charge in [-0.25, -0.2) is 4.79 Å². The Kier molecular flexibility index (Phi) is 3.10. The summed E-state index contributed by atoms with van der Waals surface area (Å²) in [6.07, 6.45) is 0. The second kappa shape index (κ2) is 4.53. The lowest BCUT2D eigenvalue weighted by Crippen LogP contribution is -2.30. The summed E-state index contributed by atoms with van der Waals surface area (Å²) >= 11 is 0. The van der Waals surface area contributed by atoms with Crippen LogP contribution in [0, 0.1) is 0 Å². The molecule has 4 heteroatoms. The predicted octanol–water partition coefficient (Wildman–Crippen LogP) is 1.89. The highest BCUT2D eigenvalue weighted by molar-refractivity contribution is 5.72. The third kappa shape index (κ3) is 1.88. The Balaban J connectivity index is 2.43. The Morgan fingerprint density at radius 3 is 2.62 bits per heavy atom. The van der Waals surface area contributed by atoms with Crippen molar-refractivity contribution in [3.8, 4) is 0 Å². The van der Waals surface area contributed by atoms with E-state index in [2.05, 4.69) is 18.7 Å². The minimum atomic E-state index is -0.284. The van der Waals surface area contributed by atoms with Gasteiger partial charge in [-0.05, 0) is 25.2 Å². The molecule has 0 unspecified atom stereocenters. The summed E-state index contributed by atoms with van der Waals surface area (Å²) in [6, 6.07) is 7.50. The van der Waals surface area contributed by atoms with Crippen molar-refractivity contribution in [3.63, 3.8) is 0 Å². The van der Waals surface area contributed by atoms with Crippen molar-refractivity contribution in [1.29, 1.82) is 0 Å². The Labute approximate surface area is 94.1 Å². The molecule has 1 aromatic carbocycles. The third-order valence-corrected chi connectivity index (χ3v) is 2.81. The first kappa shape index (κ1) is 11.0. The number of para-hydroxylation sites is 2. The number of benzene rings is 1. The van der Waals surface area contributed by atoms with Gasteiger partial charge in [0.25, 0.3) is 0 Å². The molecule has 0 bridgehead atoms. The van der Waals surface area contributed by atoms with Crippen molar-refractivity contribution >= 4 is 11.1 Å². The molecule has 86 valence electrons. The summed E-state index contributed by atoms with van der Waals surface area (Å²) in [5.41, 5.74) is 1.51. The highest BCUT2D eigenvalue weighted by Crippen LogP contribution is 2.11. The molecule has 0 N–H and O–H groups in total. The van der Waals surface area contributed by atoms with Crippen molar-refractivity contribution in [3.05, 3.63) is 34.8 Å². The molecule has 0 atom stereocenters. The number of oxazole rings is 1. The van der Waals surface area contributed by atoms with Crippen LogP contribution in [-0.4, -0.2) is 22.6 Å². The molecule has 0 aliphatic rings. The van der Waals surface area contributed by atoms with Gasteiger partial charge in [-0.3, -0.25) is 9.47 Å². The normalized spacial score (nSPS) is 11.4. The van der Waals surface area contributed by atoms with Crippen LogP contribution in [0.4, 0.5) is 0 Å². The lowest BCUT2D eigenvalue weighted by molar-refractivity contribution is 0.236. The maximum Gasteiger partial charge on any atom is 0.421 e. The zero-order valence-corrected chi connectivity index (χ0v) is 9.64. The molecule has 16 heavy (non-hydrogen) atoms. The van der Waals surface area contributed by atoms with Crippen LogP contribution in [0.5, 0.6) is 0 Å². The molecule has 0 saturated heterocycles. The molecular weight excluding hydrogens is 204 g/mol. The van der Waals surface area contributed by atoms with Gasteiger partial charge in [0.1, 0.15) is 0 Å². The van der Waals surface area contributed by atoms with Gasteiger partial charge in [-0.15, -0.1) is 0 Å².